The number of nitrogens with one attached hydrogen (secondary N) is 1. The average Bonchev–Trinajstić information content (AvgIpc) is 3.68. The van der Waals surface area contributed by atoms with Gasteiger partial charge >= 0.3 is 5.97 Å². The van der Waals surface area contributed by atoms with Gasteiger partial charge in [-0.25, -0.2) is 14.8 Å². The minimum Gasteiger partial charge on any atom is -0.493 e. The van der Waals surface area contributed by atoms with Gasteiger partial charge in [-0.3, -0.25) is 24.6 Å². The molecule has 0 unspecified atom stereocenters. The number of aromatic amines is 1. The number of esters is 1. The van der Waals surface area contributed by atoms with E-state index in [2.05, 4.69) is 20.2 Å². The molecule has 6 rings (SSSR count). The Balaban J connectivity index is 1.40. The molecule has 0 amide bonds. The second kappa shape index (κ2) is 15.1. The first-order valence-corrected chi connectivity index (χ1v) is 17.8. The Kier molecular flexibility index (Phi) is 10.6. The van der Waals surface area contributed by atoms with Crippen molar-refractivity contribution >= 4 is 64.0 Å². The fraction of sp³-hybridized carbons (Fsp3) is 0.206. The molecule has 1 N–H and O–H groups in total. The lowest BCUT2D eigenvalue weighted by Crippen LogP contribution is -2.40. The molecule has 0 bridgehead atoms. The zero-order valence-corrected chi connectivity index (χ0v) is 30.6. The number of nitrogens with zero attached hydrogens (tertiary/aromatic N) is 5. The Morgan fingerprint density at radius 1 is 1.12 bits per heavy atom. The van der Waals surface area contributed by atoms with E-state index in [1.165, 1.54) is 17.7 Å². The van der Waals surface area contributed by atoms with E-state index in [1.54, 1.807) is 68.5 Å². The number of hydrogen-bond acceptors (Lipinski definition) is 12. The molecular formula is C34H28Cl2N6O7S2. The van der Waals surface area contributed by atoms with Crippen molar-refractivity contribution in [3.8, 4) is 22.9 Å². The maximum atomic E-state index is 14.1. The lowest BCUT2D eigenvalue weighted by atomic mass is 9.95. The van der Waals surface area contributed by atoms with Crippen LogP contribution in [0.5, 0.6) is 11.5 Å². The Morgan fingerprint density at radius 3 is 2.63 bits per heavy atom. The van der Waals surface area contributed by atoms with Gasteiger partial charge in [0.05, 0.1) is 57.0 Å². The molecule has 0 spiro atoms. The fourth-order valence-electron chi connectivity index (χ4n) is 5.44. The van der Waals surface area contributed by atoms with Gasteiger partial charge in [-0.15, -0.1) is 5.10 Å². The number of halogens is 2. The molecule has 262 valence electrons. The highest BCUT2D eigenvalue weighted by Gasteiger charge is 2.34. The van der Waals surface area contributed by atoms with Crippen LogP contribution in [0.25, 0.3) is 17.5 Å². The van der Waals surface area contributed by atoms with Crippen LogP contribution in [0, 0.1) is 10.1 Å². The third-order valence-electron chi connectivity index (χ3n) is 7.65. The number of carbonyl (C=O) groups excluding carboxylic acids is 1. The summed E-state index contributed by atoms with van der Waals surface area (Å²) in [4.78, 5) is 48.8. The molecular weight excluding hydrogens is 739 g/mol. The Labute approximate surface area is 308 Å². The van der Waals surface area contributed by atoms with Crippen LogP contribution >= 0.6 is 46.3 Å². The number of nitro benzene ring substituents is 1. The van der Waals surface area contributed by atoms with E-state index in [0.717, 1.165) is 23.1 Å². The number of fused-ring (bicyclic) bond motifs is 1. The predicted octanol–water partition coefficient (Wildman–Crippen LogP) is 6.36. The van der Waals surface area contributed by atoms with E-state index >= 15 is 0 Å². The van der Waals surface area contributed by atoms with Crippen LogP contribution in [-0.2, 0) is 9.53 Å². The number of allylic oxidation sites excluding steroid dienone is 1. The number of thiazole rings is 1. The van der Waals surface area contributed by atoms with Gasteiger partial charge in [0.25, 0.3) is 11.2 Å². The van der Waals surface area contributed by atoms with Gasteiger partial charge in [0.15, 0.2) is 22.1 Å². The van der Waals surface area contributed by atoms with Gasteiger partial charge in [0, 0.05) is 16.7 Å². The summed E-state index contributed by atoms with van der Waals surface area (Å²) < 4.78 is 18.3. The lowest BCUT2D eigenvalue weighted by Gasteiger charge is -2.25. The molecule has 5 aromatic rings. The van der Waals surface area contributed by atoms with Gasteiger partial charge < -0.3 is 14.2 Å². The normalized spacial score (nSPS) is 14.2. The van der Waals surface area contributed by atoms with Crippen molar-refractivity contribution in [2.24, 2.45) is 4.99 Å². The van der Waals surface area contributed by atoms with Crippen LogP contribution in [0.2, 0.25) is 10.0 Å². The van der Waals surface area contributed by atoms with Crippen molar-refractivity contribution in [1.82, 2.24) is 19.7 Å². The Morgan fingerprint density at radius 2 is 1.92 bits per heavy atom. The highest BCUT2D eigenvalue weighted by molar-refractivity contribution is 7.99. The number of carbonyl (C=O) groups is 1. The molecule has 0 aliphatic carbocycles. The molecule has 2 aromatic heterocycles. The van der Waals surface area contributed by atoms with Gasteiger partial charge in [-0.2, -0.15) is 0 Å². The van der Waals surface area contributed by atoms with Crippen molar-refractivity contribution in [3.63, 3.8) is 0 Å². The number of benzene rings is 3. The molecule has 17 heteroatoms. The minimum atomic E-state index is -0.894. The predicted molar refractivity (Wildman–Crippen MR) is 194 cm³/mol. The topological polar surface area (TPSA) is 164 Å². The zero-order valence-electron chi connectivity index (χ0n) is 27.4. The largest absolute Gasteiger partial charge is 0.493 e. The molecule has 1 aliphatic heterocycles. The van der Waals surface area contributed by atoms with Crippen LogP contribution in [0.4, 0.5) is 5.69 Å². The monoisotopic (exact) mass is 766 g/mol. The summed E-state index contributed by atoms with van der Waals surface area (Å²) in [6.45, 7) is 5.71. The quantitative estimate of drug-likeness (QED) is 0.0910. The van der Waals surface area contributed by atoms with Crippen molar-refractivity contribution in [3.05, 3.63) is 117 Å². The maximum absolute atomic E-state index is 14.1. The summed E-state index contributed by atoms with van der Waals surface area (Å²) in [6, 6.07) is 13.8. The van der Waals surface area contributed by atoms with Gasteiger partial charge in [0.2, 0.25) is 5.16 Å². The highest BCUT2D eigenvalue weighted by atomic mass is 35.5. The fourth-order valence-corrected chi connectivity index (χ4v) is 7.78. The lowest BCUT2D eigenvalue weighted by molar-refractivity contribution is -0.387. The second-order valence-electron chi connectivity index (χ2n) is 10.8. The smallest absolute Gasteiger partial charge is 0.338 e. The molecule has 1 atom stereocenters. The molecule has 0 fully saturated rings. The van der Waals surface area contributed by atoms with Crippen molar-refractivity contribution < 1.29 is 23.9 Å². The number of rotatable bonds is 11. The summed E-state index contributed by atoms with van der Waals surface area (Å²) in [7, 11) is 1.52. The van der Waals surface area contributed by atoms with Crippen LogP contribution in [0.15, 0.2) is 85.7 Å². The number of methoxy groups -OCH3 is 1. The van der Waals surface area contributed by atoms with E-state index < -0.39 is 22.5 Å². The number of H-pyrrole nitrogens is 1. The van der Waals surface area contributed by atoms with E-state index in [-0.39, 0.29) is 32.5 Å². The van der Waals surface area contributed by atoms with Gasteiger partial charge in [-0.1, -0.05) is 46.7 Å². The molecule has 3 aromatic carbocycles. The van der Waals surface area contributed by atoms with Crippen LogP contribution in [0.1, 0.15) is 37.9 Å². The molecule has 13 nitrogen and oxygen atoms in total. The molecule has 51 heavy (non-hydrogen) atoms. The molecule has 3 heterocycles. The first-order valence-electron chi connectivity index (χ1n) is 15.4. The molecule has 1 aliphatic rings. The third kappa shape index (κ3) is 7.28. The third-order valence-corrected chi connectivity index (χ3v) is 10.1. The van der Waals surface area contributed by atoms with E-state index in [1.807, 2.05) is 6.92 Å². The highest BCUT2D eigenvalue weighted by Crippen LogP contribution is 2.37. The standard InChI is InChI=1S/C34H28Cl2N6O7S2/c1-5-48-25-15-19(8-11-24(25)47-4)29-28(32(44)49-6-2)17(3)37-34-41(29)31(43)27(51-34)14-18-7-12-26(23(13-18)42(45)46)50-33-38-30(39-40-33)21-10-9-20(35)16-22(21)36/h7-16,29H,5-6H2,1-4H3,(H,38,39,40)/b27-14+/t29-/m0/s1. The number of hydrogen-bond donors (Lipinski definition) is 1. The molecule has 0 saturated heterocycles. The Bertz CT molecular complexity index is 2410. The summed E-state index contributed by atoms with van der Waals surface area (Å²) in [5, 5.41) is 20.3. The van der Waals surface area contributed by atoms with Crippen molar-refractivity contribution in [2.45, 2.75) is 36.9 Å². The minimum absolute atomic E-state index is 0.126. The van der Waals surface area contributed by atoms with E-state index in [4.69, 9.17) is 37.4 Å². The summed E-state index contributed by atoms with van der Waals surface area (Å²) in [5.41, 5.74) is 1.50. The van der Waals surface area contributed by atoms with Crippen LogP contribution in [-0.4, -0.2) is 51.0 Å². The van der Waals surface area contributed by atoms with Crippen LogP contribution < -0.4 is 24.4 Å². The first kappa shape index (κ1) is 35.9. The average molecular weight is 768 g/mol. The van der Waals surface area contributed by atoms with Crippen molar-refractivity contribution in [2.75, 3.05) is 20.3 Å². The summed E-state index contributed by atoms with van der Waals surface area (Å²) in [5.74, 6) is 0.699. The summed E-state index contributed by atoms with van der Waals surface area (Å²) >= 11 is 14.4. The number of aromatic nitrogens is 4. The SMILES string of the molecule is CCOC(=O)C1=C(C)N=c2s/c(=C/c3ccc(Sc4n[nH]c(-c5ccc(Cl)cc5Cl)n4)c([N+](=O)[O-])c3)c(=O)n2[C@H]1c1ccc(OC)c(OCC)c1. The summed E-state index contributed by atoms with van der Waals surface area (Å²) in [6.07, 6.45) is 1.55. The zero-order chi connectivity index (χ0) is 36.4. The second-order valence-corrected chi connectivity index (χ2v) is 13.7. The van der Waals surface area contributed by atoms with Gasteiger partial charge in [-0.05, 0) is 86.1 Å². The molecule has 0 radical (unpaired) electrons. The first-order chi connectivity index (χ1) is 24.5. The van der Waals surface area contributed by atoms with E-state index in [9.17, 15) is 19.7 Å². The van der Waals surface area contributed by atoms with Crippen LogP contribution in [0.3, 0.4) is 0 Å². The number of nitro groups is 1. The van der Waals surface area contributed by atoms with Crippen molar-refractivity contribution in [1.29, 1.82) is 0 Å². The maximum Gasteiger partial charge on any atom is 0.338 e. The van der Waals surface area contributed by atoms with Gasteiger partial charge in [0.1, 0.15) is 0 Å². The number of ether oxygens (including phenoxy) is 3. The van der Waals surface area contributed by atoms with E-state index in [0.29, 0.717) is 61.2 Å². The Hall–Kier alpha value is -4.96. The molecule has 0 saturated carbocycles.